The van der Waals surface area contributed by atoms with E-state index in [9.17, 15) is 14.0 Å². The van der Waals surface area contributed by atoms with Crippen molar-refractivity contribution < 1.29 is 9.18 Å². The van der Waals surface area contributed by atoms with Crippen LogP contribution in [0.15, 0.2) is 33.5 Å². The molecule has 1 heterocycles. The molecule has 98 valence electrons. The van der Waals surface area contributed by atoms with Crippen LogP contribution < -0.4 is 10.9 Å². The second-order valence-corrected chi connectivity index (χ2v) is 4.70. The van der Waals surface area contributed by atoms with Gasteiger partial charge in [-0.1, -0.05) is 0 Å². The van der Waals surface area contributed by atoms with Crippen molar-refractivity contribution in [1.82, 2.24) is 10.2 Å². The molecule has 1 aromatic heterocycles. The topological polar surface area (TPSA) is 74.8 Å². The van der Waals surface area contributed by atoms with E-state index in [0.29, 0.717) is 15.7 Å². The Kier molecular flexibility index (Phi) is 3.75. The molecule has 7 heteroatoms. The van der Waals surface area contributed by atoms with Crippen LogP contribution in [0.25, 0.3) is 0 Å². The van der Waals surface area contributed by atoms with Crippen LogP contribution in [-0.4, -0.2) is 16.1 Å². The van der Waals surface area contributed by atoms with Gasteiger partial charge in [0.15, 0.2) is 0 Å². The summed E-state index contributed by atoms with van der Waals surface area (Å²) in [6, 6.07) is 5.25. The summed E-state index contributed by atoms with van der Waals surface area (Å²) in [5.74, 6) is -1.00. The quantitative estimate of drug-likeness (QED) is 0.889. The van der Waals surface area contributed by atoms with Crippen LogP contribution in [-0.2, 0) is 0 Å². The molecule has 1 aromatic carbocycles. The van der Waals surface area contributed by atoms with Crippen LogP contribution in [0.3, 0.4) is 0 Å². The molecule has 5 nitrogen and oxygen atoms in total. The third-order valence-electron chi connectivity index (χ3n) is 2.43. The van der Waals surface area contributed by atoms with Crippen LogP contribution in [0.2, 0.25) is 0 Å². The van der Waals surface area contributed by atoms with E-state index in [1.54, 1.807) is 13.0 Å². The number of aryl methyl sites for hydroxylation is 1. The standard InChI is InChI=1S/C12H9BrFN3O2/c1-6-4-7(13)8(14)5-10(6)15-12(19)9-2-3-11(18)17-16-9/h2-5H,1H3,(H,15,19)(H,17,18). The molecule has 0 aliphatic rings. The highest BCUT2D eigenvalue weighted by Crippen LogP contribution is 2.24. The molecule has 0 saturated carbocycles. The smallest absolute Gasteiger partial charge is 0.276 e. The molecule has 0 unspecified atom stereocenters. The summed E-state index contributed by atoms with van der Waals surface area (Å²) in [7, 11) is 0. The Hall–Kier alpha value is -2.02. The number of anilines is 1. The highest BCUT2D eigenvalue weighted by atomic mass is 79.9. The number of hydrogen-bond acceptors (Lipinski definition) is 3. The van der Waals surface area contributed by atoms with E-state index in [0.717, 1.165) is 0 Å². The van der Waals surface area contributed by atoms with Gasteiger partial charge in [0.2, 0.25) is 0 Å². The molecule has 2 N–H and O–H groups in total. The molecule has 1 amide bonds. The number of aromatic nitrogens is 2. The van der Waals surface area contributed by atoms with Gasteiger partial charge < -0.3 is 5.32 Å². The van der Waals surface area contributed by atoms with Gasteiger partial charge >= 0.3 is 0 Å². The van der Waals surface area contributed by atoms with Crippen LogP contribution in [0.4, 0.5) is 10.1 Å². The Morgan fingerprint density at radius 3 is 2.79 bits per heavy atom. The maximum Gasteiger partial charge on any atom is 0.276 e. The van der Waals surface area contributed by atoms with Gasteiger partial charge in [-0.2, -0.15) is 5.10 Å². The van der Waals surface area contributed by atoms with E-state index >= 15 is 0 Å². The van der Waals surface area contributed by atoms with Crippen LogP contribution in [0.5, 0.6) is 0 Å². The van der Waals surface area contributed by atoms with E-state index in [1.807, 2.05) is 0 Å². The monoisotopic (exact) mass is 325 g/mol. The van der Waals surface area contributed by atoms with E-state index in [2.05, 4.69) is 31.4 Å². The van der Waals surface area contributed by atoms with Gasteiger partial charge in [-0.15, -0.1) is 0 Å². The summed E-state index contributed by atoms with van der Waals surface area (Å²) in [6.07, 6.45) is 0. The van der Waals surface area contributed by atoms with Gasteiger partial charge in [0.1, 0.15) is 11.5 Å². The first-order chi connectivity index (χ1) is 8.97. The highest BCUT2D eigenvalue weighted by molar-refractivity contribution is 9.10. The number of halogens is 2. The number of carbonyl (C=O) groups is 1. The van der Waals surface area contributed by atoms with Crippen molar-refractivity contribution >= 4 is 27.5 Å². The molecule has 0 fully saturated rings. The number of rotatable bonds is 2. The molecular formula is C12H9BrFN3O2. The average molecular weight is 326 g/mol. The first kappa shape index (κ1) is 13.4. The Morgan fingerprint density at radius 1 is 1.42 bits per heavy atom. The predicted octanol–water partition coefficient (Wildman–Crippen LogP) is 2.23. The Morgan fingerprint density at radius 2 is 2.16 bits per heavy atom. The third kappa shape index (κ3) is 3.05. The van der Waals surface area contributed by atoms with Crippen molar-refractivity contribution in [3.8, 4) is 0 Å². The SMILES string of the molecule is Cc1cc(Br)c(F)cc1NC(=O)c1ccc(=O)[nH]n1. The van der Waals surface area contributed by atoms with Crippen LogP contribution in [0.1, 0.15) is 16.1 Å². The van der Waals surface area contributed by atoms with Crippen molar-refractivity contribution in [2.75, 3.05) is 5.32 Å². The summed E-state index contributed by atoms with van der Waals surface area (Å²) < 4.78 is 13.7. The Balaban J connectivity index is 2.26. The van der Waals surface area contributed by atoms with Gasteiger partial charge in [-0.05, 0) is 46.6 Å². The van der Waals surface area contributed by atoms with E-state index in [1.165, 1.54) is 18.2 Å². The first-order valence-corrected chi connectivity index (χ1v) is 6.09. The molecule has 2 rings (SSSR count). The van der Waals surface area contributed by atoms with Crippen LogP contribution in [0, 0.1) is 12.7 Å². The van der Waals surface area contributed by atoms with E-state index in [4.69, 9.17) is 0 Å². The number of hydrogen-bond donors (Lipinski definition) is 2. The number of H-pyrrole nitrogens is 1. The fraction of sp³-hybridized carbons (Fsp3) is 0.0833. The number of nitrogens with one attached hydrogen (secondary N) is 2. The fourth-order valence-corrected chi connectivity index (χ4v) is 1.90. The summed E-state index contributed by atoms with van der Waals surface area (Å²) in [6.45, 7) is 1.74. The Bertz CT molecular complexity index is 679. The molecule has 0 atom stereocenters. The predicted molar refractivity (Wildman–Crippen MR) is 71.6 cm³/mol. The zero-order valence-corrected chi connectivity index (χ0v) is 11.4. The summed E-state index contributed by atoms with van der Waals surface area (Å²) in [5.41, 5.74) is 0.689. The molecule has 0 radical (unpaired) electrons. The lowest BCUT2D eigenvalue weighted by Crippen LogP contribution is -2.18. The summed E-state index contributed by atoms with van der Waals surface area (Å²) >= 11 is 3.06. The average Bonchev–Trinajstić information content (AvgIpc) is 2.36. The largest absolute Gasteiger partial charge is 0.320 e. The van der Waals surface area contributed by atoms with Gasteiger partial charge in [0.05, 0.1) is 4.47 Å². The van der Waals surface area contributed by atoms with E-state index in [-0.39, 0.29) is 5.69 Å². The lowest BCUT2D eigenvalue weighted by molar-refractivity contribution is 0.102. The summed E-state index contributed by atoms with van der Waals surface area (Å²) in [5, 5.41) is 8.27. The maximum absolute atomic E-state index is 13.4. The minimum absolute atomic E-state index is 0.0438. The zero-order chi connectivity index (χ0) is 14.0. The number of carbonyl (C=O) groups excluding carboxylic acids is 1. The van der Waals surface area contributed by atoms with Crippen molar-refractivity contribution in [2.24, 2.45) is 0 Å². The molecule has 0 spiro atoms. The van der Waals surface area contributed by atoms with Gasteiger partial charge in [-0.25, -0.2) is 9.49 Å². The second kappa shape index (κ2) is 5.31. The van der Waals surface area contributed by atoms with Gasteiger partial charge in [-0.3, -0.25) is 9.59 Å². The molecule has 2 aromatic rings. The number of nitrogens with zero attached hydrogens (tertiary/aromatic N) is 1. The second-order valence-electron chi connectivity index (χ2n) is 3.84. The minimum atomic E-state index is -0.527. The molecular weight excluding hydrogens is 317 g/mol. The van der Waals surface area contributed by atoms with Crippen molar-refractivity contribution in [3.05, 3.63) is 56.2 Å². The van der Waals surface area contributed by atoms with Gasteiger partial charge in [0, 0.05) is 11.8 Å². The maximum atomic E-state index is 13.4. The van der Waals surface area contributed by atoms with E-state index < -0.39 is 17.3 Å². The molecule has 0 aliphatic heterocycles. The first-order valence-electron chi connectivity index (χ1n) is 5.30. The third-order valence-corrected chi connectivity index (χ3v) is 3.03. The van der Waals surface area contributed by atoms with Crippen molar-refractivity contribution in [1.29, 1.82) is 0 Å². The molecule has 19 heavy (non-hydrogen) atoms. The fourth-order valence-electron chi connectivity index (χ4n) is 1.44. The molecule has 0 aliphatic carbocycles. The summed E-state index contributed by atoms with van der Waals surface area (Å²) in [4.78, 5) is 22.7. The number of amides is 1. The Labute approximate surface area is 116 Å². The lowest BCUT2D eigenvalue weighted by atomic mass is 10.2. The molecule has 0 saturated heterocycles. The van der Waals surface area contributed by atoms with Crippen molar-refractivity contribution in [2.45, 2.75) is 6.92 Å². The lowest BCUT2D eigenvalue weighted by Gasteiger charge is -2.08. The number of aromatic amines is 1. The minimum Gasteiger partial charge on any atom is -0.320 e. The highest BCUT2D eigenvalue weighted by Gasteiger charge is 2.11. The van der Waals surface area contributed by atoms with Gasteiger partial charge in [0.25, 0.3) is 11.5 Å². The van der Waals surface area contributed by atoms with Crippen molar-refractivity contribution in [3.63, 3.8) is 0 Å². The number of benzene rings is 1. The normalized spacial score (nSPS) is 10.3. The zero-order valence-electron chi connectivity index (χ0n) is 9.83. The van der Waals surface area contributed by atoms with Crippen LogP contribution >= 0.6 is 15.9 Å². The molecule has 0 bridgehead atoms.